The summed E-state index contributed by atoms with van der Waals surface area (Å²) in [5, 5.41) is 0. The predicted molar refractivity (Wildman–Crippen MR) is 96.2 cm³/mol. The first kappa shape index (κ1) is 15.8. The van der Waals surface area contributed by atoms with E-state index in [-0.39, 0.29) is 5.91 Å². The third kappa shape index (κ3) is 3.42. The van der Waals surface area contributed by atoms with E-state index in [0.29, 0.717) is 11.5 Å². The number of hydrogen-bond donors (Lipinski definition) is 1. The van der Waals surface area contributed by atoms with Gasteiger partial charge in [0.05, 0.1) is 0 Å². The van der Waals surface area contributed by atoms with E-state index in [1.165, 1.54) is 0 Å². The Balaban J connectivity index is 1.49. The molecule has 5 heteroatoms. The maximum Gasteiger partial charge on any atom is 0.248 e. The van der Waals surface area contributed by atoms with E-state index in [9.17, 15) is 4.79 Å². The van der Waals surface area contributed by atoms with Crippen molar-refractivity contribution >= 4 is 17.0 Å². The molecule has 25 heavy (non-hydrogen) atoms. The van der Waals surface area contributed by atoms with Crippen molar-refractivity contribution in [1.82, 2.24) is 9.88 Å². The van der Waals surface area contributed by atoms with Crippen LogP contribution < -0.4 is 5.73 Å². The van der Waals surface area contributed by atoms with Gasteiger partial charge in [0.25, 0.3) is 0 Å². The molecule has 1 aliphatic heterocycles. The highest BCUT2D eigenvalue weighted by atomic mass is 16.3. The van der Waals surface area contributed by atoms with Gasteiger partial charge in [0.15, 0.2) is 11.5 Å². The van der Waals surface area contributed by atoms with E-state index in [4.69, 9.17) is 10.2 Å². The second-order valence-corrected chi connectivity index (χ2v) is 6.66. The van der Waals surface area contributed by atoms with Crippen LogP contribution in [0.5, 0.6) is 0 Å². The first-order valence-corrected chi connectivity index (χ1v) is 8.65. The Morgan fingerprint density at radius 1 is 1.24 bits per heavy atom. The summed E-state index contributed by atoms with van der Waals surface area (Å²) in [7, 11) is 0. The molecule has 0 aliphatic carbocycles. The average molecular weight is 335 g/mol. The van der Waals surface area contributed by atoms with Gasteiger partial charge in [-0.15, -0.1) is 0 Å². The summed E-state index contributed by atoms with van der Waals surface area (Å²) >= 11 is 0. The van der Waals surface area contributed by atoms with E-state index >= 15 is 0 Å². The minimum Gasteiger partial charge on any atom is -0.440 e. The van der Waals surface area contributed by atoms with Gasteiger partial charge < -0.3 is 10.2 Å². The van der Waals surface area contributed by atoms with Crippen molar-refractivity contribution in [1.29, 1.82) is 0 Å². The molecule has 5 nitrogen and oxygen atoms in total. The number of rotatable bonds is 4. The van der Waals surface area contributed by atoms with E-state index in [1.54, 1.807) is 6.07 Å². The lowest BCUT2D eigenvalue weighted by atomic mass is 9.97. The number of carbonyl (C=O) groups is 1. The number of aromatic nitrogens is 1. The molecule has 1 fully saturated rings. The minimum absolute atomic E-state index is 0.306. The second-order valence-electron chi connectivity index (χ2n) is 6.66. The highest BCUT2D eigenvalue weighted by molar-refractivity contribution is 5.92. The molecule has 1 aromatic heterocycles. The smallest absolute Gasteiger partial charge is 0.248 e. The predicted octanol–water partition coefficient (Wildman–Crippen LogP) is 3.31. The zero-order chi connectivity index (χ0) is 17.2. The van der Waals surface area contributed by atoms with Gasteiger partial charge in [-0.2, -0.15) is 0 Å². The Morgan fingerprint density at radius 2 is 2.12 bits per heavy atom. The molecule has 1 aliphatic rings. The first-order valence-electron chi connectivity index (χ1n) is 8.65. The molecule has 1 unspecified atom stereocenters. The molecule has 3 aromatic rings. The van der Waals surface area contributed by atoms with Gasteiger partial charge in [-0.05, 0) is 49.2 Å². The summed E-state index contributed by atoms with van der Waals surface area (Å²) in [6.45, 7) is 2.75. The fourth-order valence-electron chi connectivity index (χ4n) is 3.55. The molecule has 4 rings (SSSR count). The third-order valence-electron chi connectivity index (χ3n) is 4.78. The number of para-hydroxylation sites is 2. The van der Waals surface area contributed by atoms with E-state index in [0.717, 1.165) is 55.0 Å². The molecular weight excluding hydrogens is 314 g/mol. The second kappa shape index (κ2) is 6.69. The van der Waals surface area contributed by atoms with Crippen molar-refractivity contribution in [2.24, 2.45) is 5.73 Å². The van der Waals surface area contributed by atoms with E-state index < -0.39 is 0 Å². The number of fused-ring (bicyclic) bond motifs is 1. The number of amides is 1. The monoisotopic (exact) mass is 335 g/mol. The fourth-order valence-corrected chi connectivity index (χ4v) is 3.55. The SMILES string of the molecule is NC(=O)c1cccc(CN2CCCC(c3nc4ccccc4o3)C2)c1. The van der Waals surface area contributed by atoms with Gasteiger partial charge in [-0.1, -0.05) is 24.3 Å². The Bertz CT molecular complexity index is 870. The average Bonchev–Trinajstić information content (AvgIpc) is 3.06. The molecular formula is C20H21N3O2. The number of carbonyl (C=O) groups excluding carboxylic acids is 1. The summed E-state index contributed by atoms with van der Waals surface area (Å²) < 4.78 is 5.96. The lowest BCUT2D eigenvalue weighted by Crippen LogP contribution is -2.34. The van der Waals surface area contributed by atoms with E-state index in [2.05, 4.69) is 9.88 Å². The van der Waals surface area contributed by atoms with Gasteiger partial charge in [-0.25, -0.2) is 4.98 Å². The zero-order valence-electron chi connectivity index (χ0n) is 14.0. The van der Waals surface area contributed by atoms with Crippen LogP contribution in [-0.4, -0.2) is 28.9 Å². The lowest BCUT2D eigenvalue weighted by molar-refractivity contribution is 0.1000. The maximum atomic E-state index is 11.4. The van der Waals surface area contributed by atoms with Crippen molar-refractivity contribution in [3.05, 3.63) is 65.5 Å². The summed E-state index contributed by atoms with van der Waals surface area (Å²) in [4.78, 5) is 18.4. The molecule has 2 N–H and O–H groups in total. The molecule has 0 saturated carbocycles. The van der Waals surface area contributed by atoms with Crippen LogP contribution in [-0.2, 0) is 6.54 Å². The fraction of sp³-hybridized carbons (Fsp3) is 0.300. The number of likely N-dealkylation sites (tertiary alicyclic amines) is 1. The summed E-state index contributed by atoms with van der Waals surface area (Å²) in [6.07, 6.45) is 2.20. The Labute approximate surface area is 146 Å². The van der Waals surface area contributed by atoms with Crippen LogP contribution in [0.3, 0.4) is 0 Å². The zero-order valence-corrected chi connectivity index (χ0v) is 14.0. The Morgan fingerprint density at radius 3 is 2.96 bits per heavy atom. The highest BCUT2D eigenvalue weighted by Crippen LogP contribution is 2.29. The van der Waals surface area contributed by atoms with Crippen molar-refractivity contribution in [3.63, 3.8) is 0 Å². The molecule has 2 heterocycles. The van der Waals surface area contributed by atoms with Crippen LogP contribution in [0.4, 0.5) is 0 Å². The van der Waals surface area contributed by atoms with Crippen molar-refractivity contribution in [3.8, 4) is 0 Å². The number of oxazole rings is 1. The van der Waals surface area contributed by atoms with E-state index in [1.807, 2.05) is 42.5 Å². The number of nitrogens with zero attached hydrogens (tertiary/aromatic N) is 2. The molecule has 0 bridgehead atoms. The summed E-state index contributed by atoms with van der Waals surface area (Å²) in [5.41, 5.74) is 8.81. The van der Waals surface area contributed by atoms with Crippen molar-refractivity contribution in [2.75, 3.05) is 13.1 Å². The van der Waals surface area contributed by atoms with Gasteiger partial charge in [0.2, 0.25) is 5.91 Å². The van der Waals surface area contributed by atoms with Crippen LogP contribution in [0, 0.1) is 0 Å². The lowest BCUT2D eigenvalue weighted by Gasteiger charge is -2.31. The molecule has 1 amide bonds. The standard InChI is InChI=1S/C20H21N3O2/c21-19(24)15-6-3-5-14(11-15)12-23-10-4-7-16(13-23)20-22-17-8-1-2-9-18(17)25-20/h1-3,5-6,8-9,11,16H,4,7,10,12-13H2,(H2,21,24). The molecule has 1 atom stereocenters. The Hall–Kier alpha value is -2.66. The molecule has 2 aromatic carbocycles. The number of nitrogens with two attached hydrogens (primary N) is 1. The van der Waals surface area contributed by atoms with Gasteiger partial charge in [-0.3, -0.25) is 9.69 Å². The molecule has 1 saturated heterocycles. The van der Waals surface area contributed by atoms with Crippen LogP contribution in [0.15, 0.2) is 52.9 Å². The Kier molecular flexibility index (Phi) is 4.24. The van der Waals surface area contributed by atoms with Crippen molar-refractivity contribution < 1.29 is 9.21 Å². The summed E-state index contributed by atoms with van der Waals surface area (Å²) in [6, 6.07) is 15.4. The molecule has 0 spiro atoms. The topological polar surface area (TPSA) is 72.4 Å². The van der Waals surface area contributed by atoms with Crippen LogP contribution in [0.1, 0.15) is 40.6 Å². The van der Waals surface area contributed by atoms with Crippen LogP contribution >= 0.6 is 0 Å². The van der Waals surface area contributed by atoms with Gasteiger partial charge in [0, 0.05) is 24.6 Å². The maximum absolute atomic E-state index is 11.4. The number of primary amides is 1. The largest absolute Gasteiger partial charge is 0.440 e. The van der Waals surface area contributed by atoms with Gasteiger partial charge >= 0.3 is 0 Å². The summed E-state index contributed by atoms with van der Waals surface area (Å²) in [5.74, 6) is 0.752. The minimum atomic E-state index is -0.384. The van der Waals surface area contributed by atoms with Crippen molar-refractivity contribution in [2.45, 2.75) is 25.3 Å². The highest BCUT2D eigenvalue weighted by Gasteiger charge is 2.25. The normalized spacial score (nSPS) is 18.5. The number of benzene rings is 2. The van der Waals surface area contributed by atoms with Crippen LogP contribution in [0.2, 0.25) is 0 Å². The van der Waals surface area contributed by atoms with Crippen LogP contribution in [0.25, 0.3) is 11.1 Å². The first-order chi connectivity index (χ1) is 12.2. The number of hydrogen-bond acceptors (Lipinski definition) is 4. The quantitative estimate of drug-likeness (QED) is 0.794. The molecule has 0 radical (unpaired) electrons. The molecule has 128 valence electrons. The van der Waals surface area contributed by atoms with Gasteiger partial charge in [0.1, 0.15) is 5.52 Å². The third-order valence-corrected chi connectivity index (χ3v) is 4.78. The number of piperidine rings is 1.